The third kappa shape index (κ3) is 3.22. The van der Waals surface area contributed by atoms with Crippen LogP contribution in [0.15, 0.2) is 47.8 Å². The van der Waals surface area contributed by atoms with E-state index in [0.29, 0.717) is 5.69 Å². The number of carbonyl (C=O) groups excluding carboxylic acids is 1. The molecule has 0 aliphatic heterocycles. The number of benzene rings is 1. The Kier molecular flexibility index (Phi) is 4.77. The Bertz CT molecular complexity index is 1120. The number of nitrogens with one attached hydrogen (secondary N) is 1. The number of rotatable bonds is 5. The molecule has 6 nitrogen and oxygen atoms in total. The molecule has 1 aromatic carbocycles. The van der Waals surface area contributed by atoms with Crippen LogP contribution in [0.2, 0.25) is 0 Å². The van der Waals surface area contributed by atoms with Crippen LogP contribution in [0.5, 0.6) is 0 Å². The zero-order valence-electron chi connectivity index (χ0n) is 16.4. The molecule has 3 aromatic heterocycles. The number of fused-ring (bicyclic) bond motifs is 1. The number of thiophene rings is 1. The van der Waals surface area contributed by atoms with Crippen molar-refractivity contribution < 1.29 is 4.79 Å². The SMILES string of the molecule is CC(C)[C@H](NC(=O)c1cc(-c2cccs2)nn1C)c1nc2ccccc2n1C. The minimum Gasteiger partial charge on any atom is -0.340 e. The second-order valence-electron chi connectivity index (χ2n) is 7.23. The van der Waals surface area contributed by atoms with Crippen LogP contribution < -0.4 is 5.32 Å². The summed E-state index contributed by atoms with van der Waals surface area (Å²) in [5, 5.41) is 9.67. The van der Waals surface area contributed by atoms with Crippen LogP contribution in [0.4, 0.5) is 0 Å². The van der Waals surface area contributed by atoms with Gasteiger partial charge >= 0.3 is 0 Å². The van der Waals surface area contributed by atoms with Crippen molar-refractivity contribution in [3.05, 3.63) is 59.4 Å². The molecule has 0 spiro atoms. The predicted molar refractivity (Wildman–Crippen MR) is 112 cm³/mol. The number of nitrogens with zero attached hydrogens (tertiary/aromatic N) is 4. The van der Waals surface area contributed by atoms with Crippen molar-refractivity contribution in [3.63, 3.8) is 0 Å². The van der Waals surface area contributed by atoms with Crippen molar-refractivity contribution in [1.82, 2.24) is 24.6 Å². The highest BCUT2D eigenvalue weighted by molar-refractivity contribution is 7.13. The summed E-state index contributed by atoms with van der Waals surface area (Å²) in [5.41, 5.74) is 3.33. The molecule has 0 fully saturated rings. The highest BCUT2D eigenvalue weighted by Crippen LogP contribution is 2.27. The molecular formula is C21H23N5OS. The van der Waals surface area contributed by atoms with E-state index in [0.717, 1.165) is 27.4 Å². The molecule has 1 amide bonds. The van der Waals surface area contributed by atoms with Gasteiger partial charge in [0, 0.05) is 14.1 Å². The summed E-state index contributed by atoms with van der Waals surface area (Å²) < 4.78 is 3.69. The predicted octanol–water partition coefficient (Wildman–Crippen LogP) is 4.16. The van der Waals surface area contributed by atoms with Gasteiger partial charge in [-0.1, -0.05) is 32.0 Å². The molecule has 1 N–H and O–H groups in total. The summed E-state index contributed by atoms with van der Waals surface area (Å²) in [6.45, 7) is 4.18. The maximum Gasteiger partial charge on any atom is 0.270 e. The van der Waals surface area contributed by atoms with Crippen LogP contribution >= 0.6 is 11.3 Å². The van der Waals surface area contributed by atoms with Gasteiger partial charge in [-0.15, -0.1) is 11.3 Å². The lowest BCUT2D eigenvalue weighted by atomic mass is 10.0. The zero-order chi connectivity index (χ0) is 19.8. The molecule has 3 heterocycles. The molecule has 4 rings (SSSR count). The number of aryl methyl sites for hydroxylation is 2. The van der Waals surface area contributed by atoms with E-state index in [1.807, 2.05) is 54.9 Å². The summed E-state index contributed by atoms with van der Waals surface area (Å²) in [7, 11) is 3.79. The third-order valence-electron chi connectivity index (χ3n) is 4.94. The number of para-hydroxylation sites is 2. The van der Waals surface area contributed by atoms with Crippen LogP contribution in [0.3, 0.4) is 0 Å². The molecular weight excluding hydrogens is 370 g/mol. The first-order valence-electron chi connectivity index (χ1n) is 9.26. The fraction of sp³-hybridized carbons (Fsp3) is 0.286. The minimum atomic E-state index is -0.204. The van der Waals surface area contributed by atoms with Gasteiger partial charge in [-0.2, -0.15) is 5.10 Å². The van der Waals surface area contributed by atoms with E-state index in [1.54, 1.807) is 23.1 Å². The lowest BCUT2D eigenvalue weighted by Gasteiger charge is -2.22. The first-order valence-corrected chi connectivity index (χ1v) is 10.1. The van der Waals surface area contributed by atoms with E-state index in [4.69, 9.17) is 4.98 Å². The lowest BCUT2D eigenvalue weighted by molar-refractivity contribution is 0.0913. The molecule has 0 aliphatic rings. The summed E-state index contributed by atoms with van der Waals surface area (Å²) in [6.07, 6.45) is 0. The van der Waals surface area contributed by atoms with Gasteiger partial charge in [0.1, 0.15) is 17.2 Å². The van der Waals surface area contributed by atoms with Crippen molar-refractivity contribution in [2.75, 3.05) is 0 Å². The van der Waals surface area contributed by atoms with Crippen LogP contribution in [0, 0.1) is 5.92 Å². The molecule has 0 radical (unpaired) electrons. The van der Waals surface area contributed by atoms with Gasteiger partial charge in [0.05, 0.1) is 22.0 Å². The van der Waals surface area contributed by atoms with Crippen LogP contribution in [-0.4, -0.2) is 25.2 Å². The van der Waals surface area contributed by atoms with E-state index >= 15 is 0 Å². The van der Waals surface area contributed by atoms with E-state index in [2.05, 4.69) is 28.8 Å². The number of hydrogen-bond donors (Lipinski definition) is 1. The van der Waals surface area contributed by atoms with Gasteiger partial charge in [-0.05, 0) is 35.6 Å². The van der Waals surface area contributed by atoms with Gasteiger partial charge in [-0.25, -0.2) is 4.98 Å². The normalized spacial score (nSPS) is 12.6. The van der Waals surface area contributed by atoms with E-state index in [-0.39, 0.29) is 17.9 Å². The topological polar surface area (TPSA) is 64.7 Å². The Hall–Kier alpha value is -2.93. The standard InChI is InChI=1S/C21H23N5OS/c1-13(2)19(20-22-14-8-5-6-9-16(14)25(20)3)23-21(27)17-12-15(24-26(17)4)18-10-7-11-28-18/h5-13,19H,1-4H3,(H,23,27)/t19-/m0/s1. The molecule has 0 saturated carbocycles. The highest BCUT2D eigenvalue weighted by atomic mass is 32.1. The van der Waals surface area contributed by atoms with Gasteiger partial charge < -0.3 is 9.88 Å². The smallest absolute Gasteiger partial charge is 0.270 e. The monoisotopic (exact) mass is 393 g/mol. The summed E-state index contributed by atoms with van der Waals surface area (Å²) >= 11 is 1.61. The fourth-order valence-corrected chi connectivity index (χ4v) is 4.09. The van der Waals surface area contributed by atoms with Crippen LogP contribution in [-0.2, 0) is 14.1 Å². The number of hydrogen-bond acceptors (Lipinski definition) is 4. The van der Waals surface area contributed by atoms with Gasteiger partial charge in [0.25, 0.3) is 5.91 Å². The summed E-state index contributed by atoms with van der Waals surface area (Å²) in [6, 6.07) is 13.6. The lowest BCUT2D eigenvalue weighted by Crippen LogP contribution is -2.34. The van der Waals surface area contributed by atoms with E-state index in [1.165, 1.54) is 0 Å². The van der Waals surface area contributed by atoms with E-state index in [9.17, 15) is 4.79 Å². The van der Waals surface area contributed by atoms with Crippen molar-refractivity contribution >= 4 is 28.3 Å². The van der Waals surface area contributed by atoms with Crippen molar-refractivity contribution in [2.24, 2.45) is 20.0 Å². The van der Waals surface area contributed by atoms with E-state index < -0.39 is 0 Å². The molecule has 0 bridgehead atoms. The Labute approximate surface area is 167 Å². The largest absolute Gasteiger partial charge is 0.340 e. The van der Waals surface area contributed by atoms with Gasteiger partial charge in [-0.3, -0.25) is 9.48 Å². The average Bonchev–Trinajstić information content (AvgIpc) is 3.39. The van der Waals surface area contributed by atoms with Crippen molar-refractivity contribution in [3.8, 4) is 10.6 Å². The Morgan fingerprint density at radius 3 is 2.61 bits per heavy atom. The zero-order valence-corrected chi connectivity index (χ0v) is 17.2. The number of amides is 1. The quantitative estimate of drug-likeness (QED) is 0.554. The van der Waals surface area contributed by atoms with Gasteiger partial charge in [0.2, 0.25) is 0 Å². The van der Waals surface area contributed by atoms with Crippen LogP contribution in [0.1, 0.15) is 36.2 Å². The maximum absolute atomic E-state index is 13.1. The van der Waals surface area contributed by atoms with Crippen LogP contribution in [0.25, 0.3) is 21.6 Å². The number of aromatic nitrogens is 4. The Morgan fingerprint density at radius 2 is 1.93 bits per heavy atom. The van der Waals surface area contributed by atoms with Gasteiger partial charge in [0.15, 0.2) is 0 Å². The second kappa shape index (κ2) is 7.24. The molecule has 1 atom stereocenters. The molecule has 0 saturated heterocycles. The summed E-state index contributed by atoms with van der Waals surface area (Å²) in [4.78, 5) is 18.9. The molecule has 7 heteroatoms. The molecule has 28 heavy (non-hydrogen) atoms. The Morgan fingerprint density at radius 1 is 1.14 bits per heavy atom. The number of imidazole rings is 1. The molecule has 0 aliphatic carbocycles. The Balaban J connectivity index is 1.65. The molecule has 4 aromatic rings. The maximum atomic E-state index is 13.1. The first kappa shape index (κ1) is 18.4. The fourth-order valence-electron chi connectivity index (χ4n) is 3.41. The minimum absolute atomic E-state index is 0.149. The van der Waals surface area contributed by atoms with Crippen molar-refractivity contribution in [1.29, 1.82) is 0 Å². The first-order chi connectivity index (χ1) is 13.5. The summed E-state index contributed by atoms with van der Waals surface area (Å²) in [5.74, 6) is 0.887. The van der Waals surface area contributed by atoms with Crippen molar-refractivity contribution in [2.45, 2.75) is 19.9 Å². The molecule has 144 valence electrons. The number of carbonyl (C=O) groups is 1. The molecule has 0 unspecified atom stereocenters. The highest BCUT2D eigenvalue weighted by Gasteiger charge is 2.26. The second-order valence-corrected chi connectivity index (χ2v) is 8.18. The third-order valence-corrected chi connectivity index (χ3v) is 5.83. The average molecular weight is 394 g/mol.